The molecule has 3 aliphatic rings. The van der Waals surface area contributed by atoms with Crippen molar-refractivity contribution < 1.29 is 14.2 Å². The van der Waals surface area contributed by atoms with Crippen LogP contribution in [0.1, 0.15) is 26.2 Å². The molecule has 0 atom stereocenters. The second-order valence-electron chi connectivity index (χ2n) is 4.81. The average Bonchev–Trinajstić information content (AvgIpc) is 2.38. The van der Waals surface area contributed by atoms with E-state index in [4.69, 9.17) is 20.6 Å². The van der Waals surface area contributed by atoms with Gasteiger partial charge in [-0.15, -0.1) is 12.3 Å². The van der Waals surface area contributed by atoms with Gasteiger partial charge in [-0.3, -0.25) is 0 Å². The zero-order valence-electron chi connectivity index (χ0n) is 10.4. The van der Waals surface area contributed by atoms with E-state index in [0.717, 1.165) is 44.8 Å². The zero-order valence-corrected chi connectivity index (χ0v) is 11.2. The van der Waals surface area contributed by atoms with Gasteiger partial charge in [0, 0.05) is 17.6 Å². The average molecular weight is 256 g/mol. The summed E-state index contributed by atoms with van der Waals surface area (Å²) in [6.07, 6.45) is 8.24. The molecule has 3 aliphatic heterocycles. The van der Waals surface area contributed by atoms with E-state index in [9.17, 15) is 0 Å². The third-order valence-electron chi connectivity index (χ3n) is 3.24. The van der Waals surface area contributed by atoms with Crippen LogP contribution in [0.4, 0.5) is 0 Å². The van der Waals surface area contributed by atoms with Gasteiger partial charge in [0.1, 0.15) is 0 Å². The maximum Gasteiger partial charge on any atom is 0.292 e. The Morgan fingerprint density at radius 1 is 1.24 bits per heavy atom. The van der Waals surface area contributed by atoms with Gasteiger partial charge < -0.3 is 14.2 Å². The molecule has 4 heteroatoms. The molecule has 0 saturated carbocycles. The first-order valence-corrected chi connectivity index (χ1v) is 7.33. The minimum atomic E-state index is -0.797. The predicted molar refractivity (Wildman–Crippen MR) is 68.7 cm³/mol. The van der Waals surface area contributed by atoms with E-state index >= 15 is 0 Å². The zero-order chi connectivity index (χ0) is 12.2. The van der Waals surface area contributed by atoms with Gasteiger partial charge in [-0.2, -0.15) is 11.8 Å². The molecular weight excluding hydrogens is 236 g/mol. The Labute approximate surface area is 108 Å². The van der Waals surface area contributed by atoms with Crippen LogP contribution in [0.5, 0.6) is 0 Å². The van der Waals surface area contributed by atoms with Crippen LogP contribution in [-0.4, -0.2) is 37.3 Å². The topological polar surface area (TPSA) is 27.7 Å². The largest absolute Gasteiger partial charge is 0.326 e. The van der Waals surface area contributed by atoms with Crippen molar-refractivity contribution in [3.8, 4) is 12.3 Å². The van der Waals surface area contributed by atoms with Crippen LogP contribution < -0.4 is 0 Å². The van der Waals surface area contributed by atoms with Crippen molar-refractivity contribution in [1.82, 2.24) is 0 Å². The fourth-order valence-corrected chi connectivity index (χ4v) is 3.15. The van der Waals surface area contributed by atoms with Crippen molar-refractivity contribution >= 4 is 11.8 Å². The highest BCUT2D eigenvalue weighted by Gasteiger charge is 2.51. The number of thioether (sulfide) groups is 1. The molecule has 0 unspecified atom stereocenters. The highest BCUT2D eigenvalue weighted by molar-refractivity contribution is 7.99. The monoisotopic (exact) mass is 256 g/mol. The first-order chi connectivity index (χ1) is 8.24. The number of ether oxygens (including phenoxy) is 3. The second kappa shape index (κ2) is 5.62. The molecule has 96 valence electrons. The maximum atomic E-state index is 5.78. The SMILES string of the molecule is C#CCCSCC12OCC(CCC)(CO1)CO2. The normalized spacial score (nSPS) is 35.8. The summed E-state index contributed by atoms with van der Waals surface area (Å²) in [5.74, 6) is 3.46. The van der Waals surface area contributed by atoms with E-state index < -0.39 is 5.97 Å². The van der Waals surface area contributed by atoms with Crippen molar-refractivity contribution in [3.63, 3.8) is 0 Å². The van der Waals surface area contributed by atoms with Crippen LogP contribution in [0.25, 0.3) is 0 Å². The minimum Gasteiger partial charge on any atom is -0.326 e. The van der Waals surface area contributed by atoms with Gasteiger partial charge in [0.25, 0.3) is 5.97 Å². The standard InChI is InChI=1S/C13H20O3S/c1-3-5-7-17-11-13-14-8-12(6-4-2,9-15-13)10-16-13/h1H,4-11H2,2H3. The maximum absolute atomic E-state index is 5.78. The molecule has 3 rings (SSSR count). The Hall–Kier alpha value is -0.210. The fraction of sp³-hybridized carbons (Fsp3) is 0.846. The van der Waals surface area contributed by atoms with E-state index in [0.29, 0.717) is 5.75 Å². The summed E-state index contributed by atoms with van der Waals surface area (Å²) in [7, 11) is 0. The van der Waals surface area contributed by atoms with Gasteiger partial charge in [-0.25, -0.2) is 0 Å². The highest BCUT2D eigenvalue weighted by Crippen LogP contribution is 2.42. The predicted octanol–water partition coefficient (Wildman–Crippen LogP) is 2.26. The number of hydrogen-bond acceptors (Lipinski definition) is 4. The van der Waals surface area contributed by atoms with Gasteiger partial charge in [0.15, 0.2) is 0 Å². The van der Waals surface area contributed by atoms with Crippen LogP contribution in [0.3, 0.4) is 0 Å². The molecule has 0 aromatic rings. The summed E-state index contributed by atoms with van der Waals surface area (Å²) in [6.45, 7) is 4.46. The Bertz CT molecular complexity index is 273. The lowest BCUT2D eigenvalue weighted by Crippen LogP contribution is -2.61. The molecule has 0 amide bonds. The first kappa shape index (κ1) is 13.2. The number of rotatable bonds is 6. The molecule has 0 radical (unpaired) electrons. The fourth-order valence-electron chi connectivity index (χ4n) is 2.24. The van der Waals surface area contributed by atoms with Crippen LogP contribution in [0.2, 0.25) is 0 Å². The third-order valence-corrected chi connectivity index (χ3v) is 4.30. The van der Waals surface area contributed by atoms with Crippen molar-refractivity contribution in [2.45, 2.75) is 32.2 Å². The molecular formula is C13H20O3S. The lowest BCUT2D eigenvalue weighted by Gasteiger charge is -2.51. The van der Waals surface area contributed by atoms with Crippen molar-refractivity contribution in [1.29, 1.82) is 0 Å². The first-order valence-electron chi connectivity index (χ1n) is 6.17. The molecule has 3 fully saturated rings. The quantitative estimate of drug-likeness (QED) is 0.538. The molecule has 0 aromatic carbocycles. The molecule has 0 N–H and O–H groups in total. The summed E-state index contributed by atoms with van der Waals surface area (Å²) in [5.41, 5.74) is 0.0972. The number of hydrogen-bond donors (Lipinski definition) is 0. The lowest BCUT2D eigenvalue weighted by atomic mass is 9.84. The highest BCUT2D eigenvalue weighted by atomic mass is 32.2. The number of terminal acetylenes is 1. The minimum absolute atomic E-state index is 0.0972. The molecule has 17 heavy (non-hydrogen) atoms. The van der Waals surface area contributed by atoms with Gasteiger partial charge >= 0.3 is 0 Å². The van der Waals surface area contributed by atoms with E-state index in [2.05, 4.69) is 12.8 Å². The second-order valence-corrected chi connectivity index (χ2v) is 5.91. The summed E-state index contributed by atoms with van der Waals surface area (Å²) in [6, 6.07) is 0. The van der Waals surface area contributed by atoms with Gasteiger partial charge in [0.05, 0.1) is 25.6 Å². The molecule has 3 heterocycles. The van der Waals surface area contributed by atoms with Crippen LogP contribution in [-0.2, 0) is 14.2 Å². The number of fused-ring (bicyclic) bond motifs is 3. The van der Waals surface area contributed by atoms with Gasteiger partial charge in [-0.05, 0) is 6.42 Å². The summed E-state index contributed by atoms with van der Waals surface area (Å²) in [4.78, 5) is 0. The third kappa shape index (κ3) is 2.97. The summed E-state index contributed by atoms with van der Waals surface area (Å²) in [5, 5.41) is 0. The van der Waals surface area contributed by atoms with Crippen molar-refractivity contribution in [2.24, 2.45) is 5.41 Å². The Morgan fingerprint density at radius 3 is 2.41 bits per heavy atom. The van der Waals surface area contributed by atoms with E-state index in [-0.39, 0.29) is 5.41 Å². The summed E-state index contributed by atoms with van der Waals surface area (Å²) >= 11 is 1.73. The van der Waals surface area contributed by atoms with E-state index in [1.165, 1.54) is 0 Å². The lowest BCUT2D eigenvalue weighted by molar-refractivity contribution is -0.457. The molecule has 3 saturated heterocycles. The Balaban J connectivity index is 1.80. The van der Waals surface area contributed by atoms with Crippen molar-refractivity contribution in [2.75, 3.05) is 31.3 Å². The van der Waals surface area contributed by atoms with Crippen LogP contribution in [0.15, 0.2) is 0 Å². The van der Waals surface area contributed by atoms with Crippen LogP contribution in [0, 0.1) is 17.8 Å². The molecule has 0 aromatic heterocycles. The molecule has 0 aliphatic carbocycles. The molecule has 0 spiro atoms. The Morgan fingerprint density at radius 2 is 1.88 bits per heavy atom. The van der Waals surface area contributed by atoms with Crippen LogP contribution >= 0.6 is 11.8 Å². The van der Waals surface area contributed by atoms with E-state index in [1.807, 2.05) is 0 Å². The van der Waals surface area contributed by atoms with Gasteiger partial charge in [0.2, 0.25) is 0 Å². The Kier molecular flexibility index (Phi) is 4.37. The smallest absolute Gasteiger partial charge is 0.292 e. The molecule has 2 bridgehead atoms. The summed E-state index contributed by atoms with van der Waals surface area (Å²) < 4.78 is 17.4. The van der Waals surface area contributed by atoms with Crippen molar-refractivity contribution in [3.05, 3.63) is 0 Å². The van der Waals surface area contributed by atoms with Gasteiger partial charge in [-0.1, -0.05) is 13.3 Å². The van der Waals surface area contributed by atoms with E-state index in [1.54, 1.807) is 11.8 Å². The molecule has 3 nitrogen and oxygen atoms in total.